The zero-order valence-corrected chi connectivity index (χ0v) is 26.3. The van der Waals surface area contributed by atoms with Crippen LogP contribution in [0, 0.1) is 6.92 Å². The lowest BCUT2D eigenvalue weighted by Crippen LogP contribution is -2.39. The first-order valence-electron chi connectivity index (χ1n) is 14.6. The zero-order valence-electron chi connectivity index (χ0n) is 25.5. The number of nitrogens with one attached hydrogen (secondary N) is 1. The van der Waals surface area contributed by atoms with E-state index in [2.05, 4.69) is 136 Å². The van der Waals surface area contributed by atoms with Gasteiger partial charge in [0, 0.05) is 41.6 Å². The Kier molecular flexibility index (Phi) is 8.32. The van der Waals surface area contributed by atoms with Gasteiger partial charge >= 0.3 is 0 Å². The van der Waals surface area contributed by atoms with Crippen molar-refractivity contribution in [3.8, 4) is 28.1 Å². The largest absolute Gasteiger partial charge is 0.379 e. The fourth-order valence-corrected chi connectivity index (χ4v) is 5.36. The lowest BCUT2D eigenvalue weighted by Gasteiger charge is -2.25. The summed E-state index contributed by atoms with van der Waals surface area (Å²) < 4.78 is 2.17. The first-order valence-corrected chi connectivity index (χ1v) is 14.9. The van der Waals surface area contributed by atoms with E-state index in [4.69, 9.17) is 22.3 Å². The predicted molar refractivity (Wildman–Crippen MR) is 179 cm³/mol. The Morgan fingerprint density at radius 2 is 1.43 bits per heavy atom. The fraction of sp³-hybridized carbons (Fsp3) is 0.270. The molecule has 4 nitrogen and oxygen atoms in total. The van der Waals surface area contributed by atoms with E-state index >= 15 is 0 Å². The monoisotopic (exact) mass is 576 g/mol. The number of anilines is 1. The van der Waals surface area contributed by atoms with Crippen LogP contribution in [-0.2, 0) is 11.8 Å². The van der Waals surface area contributed by atoms with E-state index in [0.29, 0.717) is 18.0 Å². The van der Waals surface area contributed by atoms with Crippen LogP contribution in [0.25, 0.3) is 28.1 Å². The van der Waals surface area contributed by atoms with Crippen LogP contribution in [0.1, 0.15) is 57.1 Å². The lowest BCUT2D eigenvalue weighted by atomic mass is 9.86. The molecule has 0 unspecified atom stereocenters. The van der Waals surface area contributed by atoms with Crippen molar-refractivity contribution >= 4 is 17.3 Å². The molecule has 1 aromatic heterocycles. The van der Waals surface area contributed by atoms with Crippen LogP contribution < -0.4 is 11.1 Å². The average molecular weight is 577 g/mol. The summed E-state index contributed by atoms with van der Waals surface area (Å²) in [5.41, 5.74) is 15.8. The first-order chi connectivity index (χ1) is 19.9. The molecule has 3 N–H and O–H groups in total. The summed E-state index contributed by atoms with van der Waals surface area (Å²) in [6.07, 6.45) is 2.77. The number of rotatable bonds is 8. The van der Waals surface area contributed by atoms with Gasteiger partial charge in [0.1, 0.15) is 5.82 Å². The van der Waals surface area contributed by atoms with Crippen molar-refractivity contribution in [2.75, 3.05) is 11.9 Å². The molecule has 0 atom stereocenters. The number of benzene rings is 4. The normalized spacial score (nSPS) is 12.0. The topological polar surface area (TPSA) is 55.9 Å². The van der Waals surface area contributed by atoms with Gasteiger partial charge in [-0.1, -0.05) is 93.0 Å². The quantitative estimate of drug-likeness (QED) is 0.193. The molecule has 0 saturated heterocycles. The van der Waals surface area contributed by atoms with E-state index in [0.717, 1.165) is 34.0 Å². The Bertz CT molecular complexity index is 1660. The summed E-state index contributed by atoms with van der Waals surface area (Å²) >= 11 is 6.67. The molecule has 0 aliphatic carbocycles. The number of aromatic nitrogens is 2. The summed E-state index contributed by atoms with van der Waals surface area (Å²) in [6.45, 7) is 13.5. The van der Waals surface area contributed by atoms with Crippen molar-refractivity contribution in [2.45, 2.75) is 58.9 Å². The Hall–Kier alpha value is -3.86. The third-order valence-electron chi connectivity index (χ3n) is 7.72. The number of hydrogen-bond donors (Lipinski definition) is 2. The molecule has 4 aromatic carbocycles. The number of aryl methyl sites for hydroxylation is 1. The molecule has 0 fully saturated rings. The summed E-state index contributed by atoms with van der Waals surface area (Å²) in [5, 5.41) is 4.21. The van der Waals surface area contributed by atoms with Gasteiger partial charge in [-0.2, -0.15) is 0 Å². The number of hydrogen-bond acceptors (Lipinski definition) is 3. The van der Waals surface area contributed by atoms with Crippen molar-refractivity contribution in [3.05, 3.63) is 125 Å². The summed E-state index contributed by atoms with van der Waals surface area (Å²) in [7, 11) is 0. The molecule has 216 valence electrons. The van der Waals surface area contributed by atoms with Crippen molar-refractivity contribution in [2.24, 2.45) is 5.73 Å². The van der Waals surface area contributed by atoms with Gasteiger partial charge in [-0.25, -0.2) is 4.98 Å². The third kappa shape index (κ3) is 6.78. The molecule has 0 radical (unpaired) electrons. The second kappa shape index (κ2) is 11.8. The second-order valence-corrected chi connectivity index (χ2v) is 13.3. The van der Waals surface area contributed by atoms with Crippen LogP contribution in [0.2, 0.25) is 5.02 Å². The lowest BCUT2D eigenvalue weighted by molar-refractivity contribution is 0.580. The Balaban J connectivity index is 1.46. The molecule has 5 heteroatoms. The number of nitrogens with zero attached hydrogens (tertiary/aromatic N) is 2. The summed E-state index contributed by atoms with van der Waals surface area (Å²) in [6, 6.07) is 32.2. The molecule has 5 aromatic rings. The van der Waals surface area contributed by atoms with Gasteiger partial charge in [0.2, 0.25) is 0 Å². The molecule has 0 bridgehead atoms. The molecular formula is C37H41ClN4. The minimum atomic E-state index is -0.183. The Morgan fingerprint density at radius 3 is 2.00 bits per heavy atom. The summed E-state index contributed by atoms with van der Waals surface area (Å²) in [5.74, 6) is 0.951. The molecule has 0 aliphatic heterocycles. The SMILES string of the molecule is Cc1ccc(-c2cn(-c3ccc(NC(C)(C)CN)cc3)c(Cc3ccc(-c4ccc(C(C)(C)C)cc4)cc3)n2)c(Cl)c1. The van der Waals surface area contributed by atoms with Gasteiger partial charge in [-0.3, -0.25) is 0 Å². The highest BCUT2D eigenvalue weighted by atomic mass is 35.5. The number of nitrogens with two attached hydrogens (primary N) is 1. The Morgan fingerprint density at radius 1 is 0.810 bits per heavy atom. The van der Waals surface area contributed by atoms with Gasteiger partial charge in [0.05, 0.1) is 10.7 Å². The minimum absolute atomic E-state index is 0.143. The van der Waals surface area contributed by atoms with Crippen molar-refractivity contribution < 1.29 is 0 Å². The maximum Gasteiger partial charge on any atom is 0.118 e. The van der Waals surface area contributed by atoms with Crippen LogP contribution >= 0.6 is 11.6 Å². The van der Waals surface area contributed by atoms with Crippen molar-refractivity contribution in [3.63, 3.8) is 0 Å². The molecule has 5 rings (SSSR count). The molecular weight excluding hydrogens is 536 g/mol. The van der Waals surface area contributed by atoms with E-state index in [9.17, 15) is 0 Å². The summed E-state index contributed by atoms with van der Waals surface area (Å²) in [4.78, 5) is 5.10. The van der Waals surface area contributed by atoms with E-state index in [1.54, 1.807) is 0 Å². The molecule has 0 saturated carbocycles. The van der Waals surface area contributed by atoms with Gasteiger partial charge < -0.3 is 15.6 Å². The molecule has 0 aliphatic rings. The van der Waals surface area contributed by atoms with Crippen LogP contribution in [0.3, 0.4) is 0 Å². The average Bonchev–Trinajstić information content (AvgIpc) is 3.36. The van der Waals surface area contributed by atoms with Crippen LogP contribution in [-0.4, -0.2) is 21.6 Å². The smallest absolute Gasteiger partial charge is 0.118 e. The fourth-order valence-electron chi connectivity index (χ4n) is 5.03. The van der Waals surface area contributed by atoms with Gasteiger partial charge in [0.25, 0.3) is 0 Å². The maximum absolute atomic E-state index is 6.67. The van der Waals surface area contributed by atoms with E-state index in [1.807, 2.05) is 13.0 Å². The van der Waals surface area contributed by atoms with Crippen LogP contribution in [0.4, 0.5) is 5.69 Å². The van der Waals surface area contributed by atoms with Gasteiger partial charge in [-0.05, 0) is 84.3 Å². The highest BCUT2D eigenvalue weighted by Gasteiger charge is 2.17. The van der Waals surface area contributed by atoms with Gasteiger partial charge in [0.15, 0.2) is 0 Å². The highest BCUT2D eigenvalue weighted by molar-refractivity contribution is 6.33. The van der Waals surface area contributed by atoms with Gasteiger partial charge in [-0.15, -0.1) is 0 Å². The second-order valence-electron chi connectivity index (χ2n) is 12.9. The first kappa shape index (κ1) is 29.6. The van der Waals surface area contributed by atoms with Crippen molar-refractivity contribution in [1.82, 2.24) is 9.55 Å². The van der Waals surface area contributed by atoms with E-state index < -0.39 is 0 Å². The predicted octanol–water partition coefficient (Wildman–Crippen LogP) is 9.21. The van der Waals surface area contributed by atoms with E-state index in [-0.39, 0.29) is 11.0 Å². The zero-order chi connectivity index (χ0) is 30.1. The number of halogens is 1. The van der Waals surface area contributed by atoms with Crippen LogP contribution in [0.5, 0.6) is 0 Å². The molecule has 42 heavy (non-hydrogen) atoms. The molecule has 0 amide bonds. The Labute approximate surface area is 255 Å². The number of imidazole rings is 1. The molecule has 0 spiro atoms. The molecule has 1 heterocycles. The standard InChI is InChI=1S/C37H41ClN4/c1-25-7-20-32(33(38)21-25)34-23-42(31-18-16-30(17-19-31)41-37(5,6)24-39)35(40-34)22-26-8-10-27(11-9-26)28-12-14-29(15-13-28)36(2,3)4/h7-21,23,41H,22,24,39H2,1-6H3. The highest BCUT2D eigenvalue weighted by Crippen LogP contribution is 2.31. The minimum Gasteiger partial charge on any atom is -0.379 e. The maximum atomic E-state index is 6.67. The van der Waals surface area contributed by atoms with Crippen molar-refractivity contribution in [1.29, 1.82) is 0 Å². The van der Waals surface area contributed by atoms with E-state index in [1.165, 1.54) is 22.3 Å². The third-order valence-corrected chi connectivity index (χ3v) is 8.03. The van der Waals surface area contributed by atoms with Crippen LogP contribution in [0.15, 0.2) is 97.2 Å².